The van der Waals surface area contributed by atoms with Crippen LogP contribution in [0.15, 0.2) is 79.0 Å². The summed E-state index contributed by atoms with van der Waals surface area (Å²) in [5, 5.41) is 16.5. The number of rotatable bonds is 8. The molecule has 4 aromatic rings. The van der Waals surface area contributed by atoms with Gasteiger partial charge in [-0.3, -0.25) is 9.78 Å². The number of thiocarbonyl (C=S) groups is 1. The zero-order valence-corrected chi connectivity index (χ0v) is 22.8. The van der Waals surface area contributed by atoms with Gasteiger partial charge in [-0.15, -0.1) is 0 Å². The zero-order valence-electron chi connectivity index (χ0n) is 22.0. The number of aromatic carboxylic acids is 1. The lowest BCUT2D eigenvalue weighted by atomic mass is 9.96. The summed E-state index contributed by atoms with van der Waals surface area (Å²) in [7, 11) is 0. The van der Waals surface area contributed by atoms with Crippen molar-refractivity contribution < 1.29 is 19.1 Å². The summed E-state index contributed by atoms with van der Waals surface area (Å²) in [4.78, 5) is 31.4. The number of aromatic nitrogens is 2. The Morgan fingerprint density at radius 2 is 1.80 bits per heavy atom. The van der Waals surface area contributed by atoms with Crippen LogP contribution in [-0.2, 0) is 4.79 Å². The van der Waals surface area contributed by atoms with Crippen LogP contribution >= 0.6 is 12.2 Å². The highest BCUT2D eigenvalue weighted by Crippen LogP contribution is 2.41. The molecule has 2 atom stereocenters. The predicted octanol–water partition coefficient (Wildman–Crippen LogP) is 5.33. The van der Waals surface area contributed by atoms with Crippen LogP contribution in [0.1, 0.15) is 51.5 Å². The van der Waals surface area contributed by atoms with Gasteiger partial charge in [0.25, 0.3) is 0 Å². The first-order valence-corrected chi connectivity index (χ1v) is 13.2. The minimum Gasteiger partial charge on any atom is -0.478 e. The van der Waals surface area contributed by atoms with Crippen molar-refractivity contribution in [2.45, 2.75) is 32.4 Å². The van der Waals surface area contributed by atoms with Crippen LogP contribution in [0.5, 0.6) is 0 Å². The first kappa shape index (κ1) is 27.0. The average Bonchev–Trinajstić information content (AvgIpc) is 3.43. The largest absolute Gasteiger partial charge is 0.478 e. The Balaban J connectivity index is 1.50. The van der Waals surface area contributed by atoms with E-state index in [2.05, 4.69) is 15.6 Å². The number of carbonyl (C=O) groups excluding carboxylic acids is 1. The minimum absolute atomic E-state index is 0.144. The number of nitrogens with one attached hydrogen (secondary N) is 2. The van der Waals surface area contributed by atoms with Crippen molar-refractivity contribution in [2.75, 3.05) is 11.9 Å². The second-order valence-corrected chi connectivity index (χ2v) is 10.00. The molecule has 0 radical (unpaired) electrons. The van der Waals surface area contributed by atoms with E-state index >= 15 is 0 Å². The topological polar surface area (TPSA) is 99.5 Å². The van der Waals surface area contributed by atoms with E-state index in [1.165, 1.54) is 24.3 Å². The summed E-state index contributed by atoms with van der Waals surface area (Å²) in [6.45, 7) is 4.21. The molecular formula is C30H28FN5O3S. The van der Waals surface area contributed by atoms with Gasteiger partial charge in [0.15, 0.2) is 5.11 Å². The maximum absolute atomic E-state index is 13.3. The Bertz CT molecular complexity index is 1570. The third-order valence-corrected chi connectivity index (χ3v) is 7.42. The number of hydrogen-bond acceptors (Lipinski definition) is 4. The van der Waals surface area contributed by atoms with Crippen molar-refractivity contribution >= 4 is 34.9 Å². The summed E-state index contributed by atoms with van der Waals surface area (Å²) in [6, 6.07) is 19.6. The van der Waals surface area contributed by atoms with Crippen molar-refractivity contribution in [2.24, 2.45) is 0 Å². The van der Waals surface area contributed by atoms with Gasteiger partial charge in [-0.2, -0.15) is 0 Å². The van der Waals surface area contributed by atoms with Gasteiger partial charge in [0.2, 0.25) is 5.91 Å². The third-order valence-electron chi connectivity index (χ3n) is 7.07. The maximum atomic E-state index is 13.3. The second kappa shape index (κ2) is 11.3. The van der Waals surface area contributed by atoms with E-state index in [0.717, 1.165) is 22.6 Å². The SMILES string of the molecule is Cc1cc([C@H]2[C@@H](c3ccccn3)NC(=S)N2CCC(=O)Nc2ccc(F)cc2)c(C)n1-c1ccccc1C(=O)O. The summed E-state index contributed by atoms with van der Waals surface area (Å²) < 4.78 is 15.2. The first-order chi connectivity index (χ1) is 19.2. The number of hydrogen-bond donors (Lipinski definition) is 3. The van der Waals surface area contributed by atoms with Gasteiger partial charge in [0.05, 0.1) is 29.0 Å². The van der Waals surface area contributed by atoms with Crippen LogP contribution in [0.3, 0.4) is 0 Å². The number of carboxylic acids is 1. The number of nitrogens with zero attached hydrogens (tertiary/aromatic N) is 3. The van der Waals surface area contributed by atoms with E-state index in [9.17, 15) is 19.1 Å². The molecule has 0 saturated carbocycles. The number of carbonyl (C=O) groups is 2. The van der Waals surface area contributed by atoms with E-state index in [4.69, 9.17) is 12.2 Å². The van der Waals surface area contributed by atoms with Crippen LogP contribution < -0.4 is 10.6 Å². The maximum Gasteiger partial charge on any atom is 0.337 e. The fraction of sp³-hybridized carbons (Fsp3) is 0.200. The molecule has 1 fully saturated rings. The highest BCUT2D eigenvalue weighted by Gasteiger charge is 2.41. The highest BCUT2D eigenvalue weighted by atomic mass is 32.1. The number of anilines is 1. The molecule has 3 N–H and O–H groups in total. The number of halogens is 1. The molecule has 0 bridgehead atoms. The standard InChI is InChI=1S/C30H28FN5O3S/c1-18-17-23(19(2)36(18)25-9-4-3-7-22(25)29(38)39)28-27(24-8-5-6-15-32-24)34-30(40)35(28)16-14-26(37)33-21-12-10-20(31)11-13-21/h3-13,15,17,27-28H,14,16H2,1-2H3,(H,33,37)(H,34,40)(H,38,39)/t27-,28+/m1/s1. The van der Waals surface area contributed by atoms with Gasteiger partial charge in [-0.05, 0) is 86.2 Å². The molecule has 2 aromatic carbocycles. The molecule has 204 valence electrons. The van der Waals surface area contributed by atoms with Crippen molar-refractivity contribution in [1.29, 1.82) is 0 Å². The molecule has 1 aliphatic heterocycles. The number of pyridine rings is 1. The Labute approximate surface area is 236 Å². The molecule has 3 heterocycles. The van der Waals surface area contributed by atoms with Gasteiger partial charge < -0.3 is 25.2 Å². The van der Waals surface area contributed by atoms with Gasteiger partial charge in [-0.25, -0.2) is 9.18 Å². The summed E-state index contributed by atoms with van der Waals surface area (Å²) in [5.41, 5.74) is 4.76. The van der Waals surface area contributed by atoms with E-state index in [-0.39, 0.29) is 35.8 Å². The smallest absolute Gasteiger partial charge is 0.337 e. The highest BCUT2D eigenvalue weighted by molar-refractivity contribution is 7.80. The van der Waals surface area contributed by atoms with Gasteiger partial charge >= 0.3 is 5.97 Å². The Morgan fingerprint density at radius 1 is 1.07 bits per heavy atom. The number of amides is 1. The lowest BCUT2D eigenvalue weighted by Gasteiger charge is -2.28. The van der Waals surface area contributed by atoms with Crippen molar-refractivity contribution in [3.63, 3.8) is 0 Å². The molecule has 1 saturated heterocycles. The van der Waals surface area contributed by atoms with Crippen molar-refractivity contribution in [3.8, 4) is 5.69 Å². The number of aryl methyl sites for hydroxylation is 1. The summed E-state index contributed by atoms with van der Waals surface area (Å²) in [6.07, 6.45) is 1.87. The number of para-hydroxylation sites is 1. The predicted molar refractivity (Wildman–Crippen MR) is 154 cm³/mol. The van der Waals surface area contributed by atoms with Gasteiger partial charge in [0, 0.05) is 36.2 Å². The molecule has 10 heteroatoms. The van der Waals surface area contributed by atoms with Crippen LogP contribution in [0, 0.1) is 19.7 Å². The summed E-state index contributed by atoms with van der Waals surface area (Å²) in [5.74, 6) is -1.61. The Morgan fingerprint density at radius 3 is 2.50 bits per heavy atom. The fourth-order valence-corrected chi connectivity index (χ4v) is 5.60. The Kier molecular flexibility index (Phi) is 7.61. The quantitative estimate of drug-likeness (QED) is 0.252. The van der Waals surface area contributed by atoms with Gasteiger partial charge in [0.1, 0.15) is 5.82 Å². The zero-order chi connectivity index (χ0) is 28.4. The molecule has 1 amide bonds. The molecule has 5 rings (SSSR count). The lowest BCUT2D eigenvalue weighted by molar-refractivity contribution is -0.116. The summed E-state index contributed by atoms with van der Waals surface area (Å²) >= 11 is 5.75. The van der Waals surface area contributed by atoms with Crippen LogP contribution in [-0.4, -0.2) is 43.1 Å². The second-order valence-electron chi connectivity index (χ2n) is 9.61. The van der Waals surface area contributed by atoms with Crippen LogP contribution in [0.4, 0.5) is 10.1 Å². The molecule has 1 aliphatic rings. The average molecular weight is 558 g/mol. The first-order valence-electron chi connectivity index (χ1n) is 12.8. The normalized spacial score (nSPS) is 16.6. The molecule has 0 unspecified atom stereocenters. The van der Waals surface area contributed by atoms with E-state index in [1.807, 2.05) is 53.6 Å². The molecule has 0 spiro atoms. The third kappa shape index (κ3) is 5.30. The van der Waals surface area contributed by atoms with E-state index < -0.39 is 5.97 Å². The molecule has 8 nitrogen and oxygen atoms in total. The number of benzene rings is 2. The molecular weight excluding hydrogens is 529 g/mol. The van der Waals surface area contributed by atoms with E-state index in [1.54, 1.807) is 24.4 Å². The van der Waals surface area contributed by atoms with Crippen molar-refractivity contribution in [1.82, 2.24) is 19.8 Å². The van der Waals surface area contributed by atoms with Crippen LogP contribution in [0.2, 0.25) is 0 Å². The molecule has 0 aliphatic carbocycles. The van der Waals surface area contributed by atoms with Crippen molar-refractivity contribution in [3.05, 3.63) is 113 Å². The lowest BCUT2D eigenvalue weighted by Crippen LogP contribution is -2.32. The minimum atomic E-state index is -1.01. The monoisotopic (exact) mass is 557 g/mol. The fourth-order valence-electron chi connectivity index (χ4n) is 5.27. The van der Waals surface area contributed by atoms with E-state index in [0.29, 0.717) is 23.0 Å². The van der Waals surface area contributed by atoms with Gasteiger partial charge in [-0.1, -0.05) is 18.2 Å². The van der Waals surface area contributed by atoms with Crippen LogP contribution in [0.25, 0.3) is 5.69 Å². The Hall–Kier alpha value is -4.57. The molecule has 2 aromatic heterocycles. The molecule has 40 heavy (non-hydrogen) atoms. The number of carboxylic acid groups (broad SMARTS) is 1.